The second-order valence-corrected chi connectivity index (χ2v) is 11.2. The zero-order valence-electron chi connectivity index (χ0n) is 18.9. The maximum absolute atomic E-state index is 13.1. The molecule has 0 spiro atoms. The normalized spacial score (nSPS) is 18.9. The van der Waals surface area contributed by atoms with Gasteiger partial charge in [-0.25, -0.2) is 19.8 Å². The van der Waals surface area contributed by atoms with Gasteiger partial charge in [-0.05, 0) is 39.7 Å². The summed E-state index contributed by atoms with van der Waals surface area (Å²) in [7, 11) is 0. The Morgan fingerprint density at radius 1 is 0.944 bits per heavy atom. The average Bonchev–Trinajstić information content (AvgIpc) is 3.36. The van der Waals surface area contributed by atoms with Crippen LogP contribution in [-0.4, -0.2) is 81.4 Å². The molecule has 0 radical (unpaired) electrons. The molecule has 1 aromatic carbocycles. The molecule has 3 aliphatic heterocycles. The van der Waals surface area contributed by atoms with Crippen molar-refractivity contribution in [2.24, 2.45) is 0 Å². The number of hydrazine groups is 1. The molecule has 0 bridgehead atoms. The largest absolute Gasteiger partial charge is 0.353 e. The zero-order valence-corrected chi connectivity index (χ0v) is 21.3. The van der Waals surface area contributed by atoms with Gasteiger partial charge in [-0.1, -0.05) is 6.07 Å². The van der Waals surface area contributed by atoms with Gasteiger partial charge < -0.3 is 4.90 Å². The Bertz CT molecular complexity index is 1440. The van der Waals surface area contributed by atoms with Crippen LogP contribution in [0.5, 0.6) is 0 Å². The summed E-state index contributed by atoms with van der Waals surface area (Å²) in [4.78, 5) is 63.9. The summed E-state index contributed by atoms with van der Waals surface area (Å²) in [6, 6.07) is 6.50. The third-order valence-electron chi connectivity index (χ3n) is 6.56. The van der Waals surface area contributed by atoms with Crippen molar-refractivity contribution in [3.63, 3.8) is 0 Å². The number of hydrogen-bond donors (Lipinski definition) is 1. The minimum Gasteiger partial charge on any atom is -0.353 e. The van der Waals surface area contributed by atoms with E-state index in [1.807, 2.05) is 6.07 Å². The summed E-state index contributed by atoms with van der Waals surface area (Å²) in [5.41, 5.74) is 1.44. The molecule has 1 N–H and O–H groups in total. The van der Waals surface area contributed by atoms with Crippen molar-refractivity contribution in [3.05, 3.63) is 51.1 Å². The van der Waals surface area contributed by atoms with Crippen LogP contribution < -0.4 is 10.2 Å². The van der Waals surface area contributed by atoms with Gasteiger partial charge >= 0.3 is 6.03 Å². The number of amides is 5. The fourth-order valence-electron chi connectivity index (χ4n) is 4.78. The number of nitrogens with one attached hydrogen (secondary N) is 1. The van der Waals surface area contributed by atoms with Gasteiger partial charge in [0.25, 0.3) is 11.8 Å². The number of fused-ring (bicyclic) bond motifs is 2. The topological polar surface area (TPSA) is 119 Å². The summed E-state index contributed by atoms with van der Waals surface area (Å²) in [5, 5.41) is 5.02. The number of piperazine rings is 1. The number of aromatic nitrogens is 2. The van der Waals surface area contributed by atoms with Gasteiger partial charge in [0.2, 0.25) is 5.91 Å². The highest BCUT2D eigenvalue weighted by atomic mass is 79.9. The molecule has 0 saturated carbocycles. The van der Waals surface area contributed by atoms with E-state index >= 15 is 0 Å². The van der Waals surface area contributed by atoms with Crippen LogP contribution in [0, 0.1) is 0 Å². The first-order valence-corrected chi connectivity index (χ1v) is 13.0. The van der Waals surface area contributed by atoms with E-state index < -0.39 is 23.8 Å². The molecule has 3 aromatic rings. The van der Waals surface area contributed by atoms with Crippen LogP contribution in [0.4, 0.5) is 10.6 Å². The first-order valence-electron chi connectivity index (χ1n) is 11.4. The second-order valence-electron chi connectivity index (χ2n) is 8.76. The fourth-order valence-corrected chi connectivity index (χ4v) is 6.19. The number of carbonyl (C=O) groups is 4. The molecule has 13 heteroatoms. The number of rotatable bonds is 4. The number of thiophene rings is 1. The zero-order chi connectivity index (χ0) is 25.0. The molecule has 0 unspecified atom stereocenters. The average molecular weight is 570 g/mol. The van der Waals surface area contributed by atoms with Gasteiger partial charge in [-0.15, -0.1) is 11.3 Å². The van der Waals surface area contributed by atoms with Crippen LogP contribution in [0.15, 0.2) is 34.4 Å². The summed E-state index contributed by atoms with van der Waals surface area (Å²) in [6.07, 6.45) is 1.63. The molecule has 184 valence electrons. The Morgan fingerprint density at radius 2 is 1.72 bits per heavy atom. The molecule has 5 heterocycles. The molecule has 6 rings (SSSR count). The lowest BCUT2D eigenvalue weighted by Crippen LogP contribution is -2.58. The van der Waals surface area contributed by atoms with E-state index in [0.29, 0.717) is 6.54 Å². The molecular weight excluding hydrogens is 550 g/mol. The molecule has 11 nitrogen and oxygen atoms in total. The van der Waals surface area contributed by atoms with E-state index in [0.717, 1.165) is 61.6 Å². The van der Waals surface area contributed by atoms with Crippen molar-refractivity contribution >= 4 is 67.1 Å². The first-order chi connectivity index (χ1) is 17.4. The van der Waals surface area contributed by atoms with Crippen LogP contribution in [-0.2, 0) is 11.3 Å². The Labute approximate surface area is 217 Å². The van der Waals surface area contributed by atoms with Gasteiger partial charge in [-0.3, -0.25) is 24.6 Å². The molecule has 2 aromatic heterocycles. The number of nitrogens with zero attached hydrogens (tertiary/aromatic N) is 6. The highest BCUT2D eigenvalue weighted by Gasteiger charge is 2.43. The van der Waals surface area contributed by atoms with E-state index in [4.69, 9.17) is 0 Å². The van der Waals surface area contributed by atoms with Crippen LogP contribution in [0.3, 0.4) is 0 Å². The molecular formula is C23H20BrN7O4S. The molecule has 0 aliphatic carbocycles. The van der Waals surface area contributed by atoms with Crippen molar-refractivity contribution in [2.75, 3.05) is 37.6 Å². The minimum absolute atomic E-state index is 0.0196. The SMILES string of the molecule is O=C1CCN(N2C(=O)c3ccc(CN4CCN(c5ncnc6sc(Br)cc56)CC4)cc3C2=O)C(=O)N1. The number of carbonyl (C=O) groups excluding carboxylic acids is 4. The maximum atomic E-state index is 13.1. The van der Waals surface area contributed by atoms with Gasteiger partial charge in [0.1, 0.15) is 17.0 Å². The Balaban J connectivity index is 1.14. The highest BCUT2D eigenvalue weighted by Crippen LogP contribution is 2.33. The van der Waals surface area contributed by atoms with Crippen LogP contribution in [0.25, 0.3) is 10.2 Å². The lowest BCUT2D eigenvalue weighted by Gasteiger charge is -2.35. The van der Waals surface area contributed by atoms with Crippen molar-refractivity contribution in [1.82, 2.24) is 30.2 Å². The monoisotopic (exact) mass is 569 g/mol. The van der Waals surface area contributed by atoms with E-state index in [2.05, 4.69) is 47.1 Å². The third-order valence-corrected chi connectivity index (χ3v) is 8.10. The van der Waals surface area contributed by atoms with Gasteiger partial charge in [0, 0.05) is 39.1 Å². The summed E-state index contributed by atoms with van der Waals surface area (Å²) in [6.45, 7) is 3.85. The van der Waals surface area contributed by atoms with Crippen molar-refractivity contribution in [1.29, 1.82) is 0 Å². The van der Waals surface area contributed by atoms with E-state index in [1.165, 1.54) is 0 Å². The lowest BCUT2D eigenvalue weighted by molar-refractivity contribution is -0.122. The predicted octanol–water partition coefficient (Wildman–Crippen LogP) is 2.23. The van der Waals surface area contributed by atoms with Gasteiger partial charge in [0.05, 0.1) is 26.8 Å². The van der Waals surface area contributed by atoms with Gasteiger partial charge in [-0.2, -0.15) is 5.01 Å². The molecule has 3 aliphatic rings. The molecule has 2 saturated heterocycles. The standard InChI is InChI=1S/C23H20BrN7O4S/c24-17-10-16-19(25-12-26-20(16)36-17)29-7-5-28(6-8-29)11-13-1-2-14-15(9-13)22(34)31(21(14)33)30-4-3-18(32)27-23(30)35/h1-2,9-10,12H,3-8,11H2,(H,27,32,35). The fraction of sp³-hybridized carbons (Fsp3) is 0.304. The predicted molar refractivity (Wildman–Crippen MR) is 134 cm³/mol. The van der Waals surface area contributed by atoms with Crippen molar-refractivity contribution in [3.8, 4) is 0 Å². The Morgan fingerprint density at radius 3 is 2.50 bits per heavy atom. The van der Waals surface area contributed by atoms with Crippen molar-refractivity contribution < 1.29 is 19.2 Å². The smallest absolute Gasteiger partial charge is 0.343 e. The summed E-state index contributed by atoms with van der Waals surface area (Å²) >= 11 is 5.12. The Kier molecular flexibility index (Phi) is 5.69. The maximum Gasteiger partial charge on any atom is 0.343 e. The number of anilines is 1. The first kappa shape index (κ1) is 23.0. The summed E-state index contributed by atoms with van der Waals surface area (Å²) < 4.78 is 1.02. The number of imide groups is 2. The lowest BCUT2D eigenvalue weighted by atomic mass is 10.1. The number of urea groups is 1. The molecule has 36 heavy (non-hydrogen) atoms. The van der Waals surface area contributed by atoms with Crippen LogP contribution in [0.1, 0.15) is 32.7 Å². The molecule has 5 amide bonds. The number of benzene rings is 1. The second kappa shape index (κ2) is 8.91. The third kappa shape index (κ3) is 3.92. The quantitative estimate of drug-likeness (QED) is 0.475. The summed E-state index contributed by atoms with van der Waals surface area (Å²) in [5.74, 6) is -0.605. The molecule has 2 fully saturated rings. The van der Waals surface area contributed by atoms with Gasteiger partial charge in [0.15, 0.2) is 0 Å². The van der Waals surface area contributed by atoms with Crippen LogP contribution in [0.2, 0.25) is 0 Å². The van der Waals surface area contributed by atoms with E-state index in [1.54, 1.807) is 29.8 Å². The van der Waals surface area contributed by atoms with Crippen molar-refractivity contribution in [2.45, 2.75) is 13.0 Å². The highest BCUT2D eigenvalue weighted by molar-refractivity contribution is 9.11. The molecule has 0 atom stereocenters. The Hall–Kier alpha value is -3.42. The van der Waals surface area contributed by atoms with E-state index in [9.17, 15) is 19.2 Å². The van der Waals surface area contributed by atoms with E-state index in [-0.39, 0.29) is 24.1 Å². The number of halogens is 1. The minimum atomic E-state index is -0.769. The van der Waals surface area contributed by atoms with Crippen LogP contribution >= 0.6 is 27.3 Å². The number of hydrogen-bond acceptors (Lipinski definition) is 9.